The predicted octanol–water partition coefficient (Wildman–Crippen LogP) is 5.12. The summed E-state index contributed by atoms with van der Waals surface area (Å²) in [5.74, 6) is -0.0263. The lowest BCUT2D eigenvalue weighted by molar-refractivity contribution is -0.131. The number of aliphatic hydroxyl groups excluding tert-OH is 1. The van der Waals surface area contributed by atoms with Gasteiger partial charge in [-0.1, -0.05) is 47.9 Å². The number of piperazine rings is 1. The number of anilines is 2. The maximum atomic E-state index is 13.1. The van der Waals surface area contributed by atoms with Gasteiger partial charge in [0.1, 0.15) is 5.82 Å². The molecule has 3 aromatic rings. The van der Waals surface area contributed by atoms with Crippen molar-refractivity contribution in [2.75, 3.05) is 56.6 Å². The molecule has 14 heteroatoms. The van der Waals surface area contributed by atoms with E-state index < -0.39 is 0 Å². The quantitative estimate of drug-likeness (QED) is 0.302. The molecule has 0 aromatic carbocycles. The summed E-state index contributed by atoms with van der Waals surface area (Å²) in [6, 6.07) is 3.44. The lowest BCUT2D eigenvalue weighted by Crippen LogP contribution is -2.51. The number of hydrogen-bond acceptors (Lipinski definition) is 9. The zero-order chi connectivity index (χ0) is 27.2. The molecule has 39 heavy (non-hydrogen) atoms. The number of aliphatic hydroxyl groups is 1. The second-order valence-corrected chi connectivity index (χ2v) is 11.9. The highest BCUT2D eigenvalue weighted by Gasteiger charge is 2.26. The molecule has 0 radical (unpaired) electrons. The van der Waals surface area contributed by atoms with Gasteiger partial charge in [-0.3, -0.25) is 14.9 Å². The first-order valence-corrected chi connectivity index (χ1v) is 14.8. The van der Waals surface area contributed by atoms with E-state index in [2.05, 4.69) is 29.2 Å². The molecule has 9 nitrogen and oxygen atoms in total. The highest BCUT2D eigenvalue weighted by molar-refractivity contribution is 7.17. The lowest BCUT2D eigenvalue weighted by atomic mass is 10.2. The summed E-state index contributed by atoms with van der Waals surface area (Å²) in [6.07, 6.45) is 3.68. The summed E-state index contributed by atoms with van der Waals surface area (Å²) in [5, 5.41) is 15.3. The van der Waals surface area contributed by atoms with Crippen molar-refractivity contribution in [2.45, 2.75) is 26.3 Å². The average Bonchev–Trinajstić information content (AvgIpc) is 3.49. The van der Waals surface area contributed by atoms with Gasteiger partial charge in [0.25, 0.3) is 5.91 Å². The zero-order valence-electron chi connectivity index (χ0n) is 21.7. The van der Waals surface area contributed by atoms with Gasteiger partial charge in [-0.2, -0.15) is 0 Å². The van der Waals surface area contributed by atoms with Crippen molar-refractivity contribution in [1.82, 2.24) is 19.8 Å². The molecule has 1 fully saturated rings. The molecule has 0 atom stereocenters. The summed E-state index contributed by atoms with van der Waals surface area (Å²) >= 11 is 15.6. The van der Waals surface area contributed by atoms with Crippen LogP contribution in [0.4, 0.5) is 10.9 Å². The van der Waals surface area contributed by atoms with E-state index in [1.165, 1.54) is 28.9 Å². The fourth-order valence-corrected chi connectivity index (χ4v) is 6.59. The number of rotatable bonds is 11. The van der Waals surface area contributed by atoms with Crippen LogP contribution in [0.2, 0.25) is 10.0 Å². The third kappa shape index (κ3) is 8.03. The molecule has 0 unspecified atom stereocenters. The van der Waals surface area contributed by atoms with Crippen LogP contribution in [0.5, 0.6) is 0 Å². The van der Waals surface area contributed by atoms with Gasteiger partial charge in [0.2, 0.25) is 5.91 Å². The molecule has 1 aliphatic rings. The number of β-amino-alcohol motifs (C(OH)–C–C–N with tert-alkyl or cyclic N) is 1. The van der Waals surface area contributed by atoms with Gasteiger partial charge in [0, 0.05) is 42.6 Å². The Morgan fingerprint density at radius 3 is 2.72 bits per heavy atom. The van der Waals surface area contributed by atoms with Crippen LogP contribution in [0.3, 0.4) is 0 Å². The van der Waals surface area contributed by atoms with Crippen molar-refractivity contribution < 1.29 is 14.7 Å². The van der Waals surface area contributed by atoms with Gasteiger partial charge < -0.3 is 19.8 Å². The molecule has 4 heterocycles. The minimum atomic E-state index is -0.370. The van der Waals surface area contributed by atoms with Crippen molar-refractivity contribution in [3.05, 3.63) is 44.2 Å². The van der Waals surface area contributed by atoms with Crippen molar-refractivity contribution in [3.8, 4) is 10.6 Å². The first kappa shape index (κ1) is 31.5. The van der Waals surface area contributed by atoms with Crippen LogP contribution < -0.4 is 10.2 Å². The standard InChI is InChI=1S/C25H30Cl2N6O3S2.ClH/c1-3-4-5-31(2)13-20-22(19-11-17(26)15-37-19)29-25(38-20)30-24(36)16-10-18(27)23(28-12-16)33-7-6-32(8-9-34)21(35)14-33;/h10-12,15,34H,3-9,13-14H2,1-2H3,(H,29,30,36);1H. The number of carbonyl (C=O) groups excluding carboxylic acids is 2. The van der Waals surface area contributed by atoms with Crippen LogP contribution in [-0.4, -0.2) is 83.1 Å². The van der Waals surface area contributed by atoms with Crippen LogP contribution in [0.1, 0.15) is 35.0 Å². The molecular weight excluding hydrogens is 603 g/mol. The fourth-order valence-electron chi connectivity index (χ4n) is 4.10. The second-order valence-electron chi connectivity index (χ2n) is 9.02. The Bertz CT molecular complexity index is 1290. The zero-order valence-corrected chi connectivity index (χ0v) is 25.6. The number of halogens is 3. The van der Waals surface area contributed by atoms with Gasteiger partial charge in [-0.25, -0.2) is 9.97 Å². The summed E-state index contributed by atoms with van der Waals surface area (Å²) in [7, 11) is 2.08. The summed E-state index contributed by atoms with van der Waals surface area (Å²) in [6.45, 7) is 5.20. The molecule has 3 aromatic heterocycles. The van der Waals surface area contributed by atoms with E-state index in [1.54, 1.807) is 15.9 Å². The number of aromatic nitrogens is 2. The number of unbranched alkanes of at least 4 members (excludes halogenated alkanes) is 1. The van der Waals surface area contributed by atoms with Crippen LogP contribution in [0.15, 0.2) is 23.7 Å². The number of thiazole rings is 1. The van der Waals surface area contributed by atoms with Gasteiger partial charge in [-0.05, 0) is 32.1 Å². The second kappa shape index (κ2) is 14.6. The normalized spacial score (nSPS) is 13.6. The Labute approximate surface area is 252 Å². The monoisotopic (exact) mass is 632 g/mol. The Balaban J connectivity index is 0.00000420. The van der Waals surface area contributed by atoms with E-state index in [0.717, 1.165) is 34.8 Å². The van der Waals surface area contributed by atoms with Crippen molar-refractivity contribution in [1.29, 1.82) is 0 Å². The summed E-state index contributed by atoms with van der Waals surface area (Å²) < 4.78 is 0. The molecule has 2 N–H and O–H groups in total. The molecule has 4 rings (SSSR count). The largest absolute Gasteiger partial charge is 0.395 e. The highest BCUT2D eigenvalue weighted by atomic mass is 35.5. The Morgan fingerprint density at radius 2 is 2.08 bits per heavy atom. The fraction of sp³-hybridized carbons (Fsp3) is 0.440. The van der Waals surface area contributed by atoms with Gasteiger partial charge >= 0.3 is 0 Å². The topological polar surface area (TPSA) is 102 Å². The van der Waals surface area contributed by atoms with E-state index in [4.69, 9.17) is 33.3 Å². The van der Waals surface area contributed by atoms with E-state index in [0.29, 0.717) is 47.7 Å². The summed E-state index contributed by atoms with van der Waals surface area (Å²) in [5.41, 5.74) is 1.11. The number of nitrogens with one attached hydrogen (secondary N) is 1. The number of pyridine rings is 1. The molecule has 2 amide bonds. The van der Waals surface area contributed by atoms with E-state index in [1.807, 2.05) is 11.4 Å². The van der Waals surface area contributed by atoms with Crippen LogP contribution in [0, 0.1) is 0 Å². The van der Waals surface area contributed by atoms with Gasteiger partial charge in [-0.15, -0.1) is 23.7 Å². The number of hydrogen-bond donors (Lipinski definition) is 2. The van der Waals surface area contributed by atoms with Gasteiger partial charge in [0.15, 0.2) is 5.13 Å². The molecular formula is C25H31Cl3N6O3S2. The maximum Gasteiger partial charge on any atom is 0.259 e. The third-order valence-electron chi connectivity index (χ3n) is 6.10. The number of thiophene rings is 1. The van der Waals surface area contributed by atoms with Crippen LogP contribution in [-0.2, 0) is 11.3 Å². The molecule has 1 aliphatic heterocycles. The molecule has 212 valence electrons. The van der Waals surface area contributed by atoms with Crippen LogP contribution >= 0.6 is 58.3 Å². The highest BCUT2D eigenvalue weighted by Crippen LogP contribution is 2.37. The van der Waals surface area contributed by atoms with Crippen molar-refractivity contribution in [3.63, 3.8) is 0 Å². The minimum Gasteiger partial charge on any atom is -0.395 e. The Kier molecular flexibility index (Phi) is 11.8. The smallest absolute Gasteiger partial charge is 0.259 e. The average molecular weight is 634 g/mol. The first-order valence-electron chi connectivity index (χ1n) is 12.3. The minimum absolute atomic E-state index is 0. The number of carbonyl (C=O) groups is 2. The molecule has 0 saturated carbocycles. The molecule has 0 aliphatic carbocycles. The lowest BCUT2D eigenvalue weighted by Gasteiger charge is -2.35. The van der Waals surface area contributed by atoms with E-state index in [9.17, 15) is 9.59 Å². The first-order chi connectivity index (χ1) is 18.3. The Hall–Kier alpha value is -1.99. The molecule has 0 spiro atoms. The Morgan fingerprint density at radius 1 is 1.28 bits per heavy atom. The number of nitrogens with zero attached hydrogens (tertiary/aromatic N) is 5. The predicted molar refractivity (Wildman–Crippen MR) is 162 cm³/mol. The van der Waals surface area contributed by atoms with Crippen molar-refractivity contribution >= 4 is 81.0 Å². The third-order valence-corrected chi connectivity index (χ3v) is 8.62. The van der Waals surface area contributed by atoms with Crippen LogP contribution in [0.25, 0.3) is 10.6 Å². The van der Waals surface area contributed by atoms with Gasteiger partial charge in [0.05, 0.1) is 39.3 Å². The molecule has 0 bridgehead atoms. The van der Waals surface area contributed by atoms with Crippen molar-refractivity contribution in [2.24, 2.45) is 0 Å². The SMILES string of the molecule is CCCCN(C)Cc1sc(NC(=O)c2cnc(N3CCN(CCO)C(=O)C3)c(Cl)c2)nc1-c1cc(Cl)cs1.Cl. The molecule has 1 saturated heterocycles. The maximum absolute atomic E-state index is 13.1. The summed E-state index contributed by atoms with van der Waals surface area (Å²) in [4.78, 5) is 42.2. The number of amides is 2. The van der Waals surface area contributed by atoms with E-state index in [-0.39, 0.29) is 42.4 Å². The van der Waals surface area contributed by atoms with E-state index >= 15 is 0 Å².